The monoisotopic (exact) mass is 182 g/mol. The summed E-state index contributed by atoms with van der Waals surface area (Å²) < 4.78 is 28.6. The van der Waals surface area contributed by atoms with Crippen LogP contribution in [0.3, 0.4) is 0 Å². The third kappa shape index (κ3) is 5.40. The third-order valence-electron chi connectivity index (χ3n) is 1.56. The zero-order chi connectivity index (χ0) is 9.56. The predicted octanol–water partition coefficient (Wildman–Crippen LogP) is 0.157. The van der Waals surface area contributed by atoms with Crippen molar-refractivity contribution >= 4 is 0 Å². The van der Waals surface area contributed by atoms with Crippen LogP contribution in [0.2, 0.25) is 0 Å². The van der Waals surface area contributed by atoms with Crippen LogP contribution in [0, 0.1) is 0 Å². The summed E-state index contributed by atoms with van der Waals surface area (Å²) in [5.41, 5.74) is 5.32. The number of hydrogen-bond donors (Lipinski definition) is 1. The summed E-state index contributed by atoms with van der Waals surface area (Å²) >= 11 is 0. The van der Waals surface area contributed by atoms with Crippen LogP contribution in [-0.4, -0.2) is 51.2 Å². The maximum absolute atomic E-state index is 11.8. The summed E-state index contributed by atoms with van der Waals surface area (Å²) in [7, 11) is 3.14. The SMILES string of the molecule is COC(CN)CN(C)CC(F)F. The fraction of sp³-hybridized carbons (Fsp3) is 1.00. The maximum Gasteiger partial charge on any atom is 0.251 e. The Morgan fingerprint density at radius 3 is 2.33 bits per heavy atom. The number of nitrogens with two attached hydrogens (primary N) is 1. The van der Waals surface area contributed by atoms with Crippen LogP contribution in [0.4, 0.5) is 8.78 Å². The first-order valence-electron chi connectivity index (χ1n) is 3.79. The average Bonchev–Trinajstić information content (AvgIpc) is 1.98. The second-order valence-electron chi connectivity index (χ2n) is 2.71. The second kappa shape index (κ2) is 6.28. The van der Waals surface area contributed by atoms with Crippen LogP contribution in [0.25, 0.3) is 0 Å². The first kappa shape index (κ1) is 11.7. The Balaban J connectivity index is 3.58. The van der Waals surface area contributed by atoms with Gasteiger partial charge in [0.15, 0.2) is 0 Å². The van der Waals surface area contributed by atoms with E-state index in [4.69, 9.17) is 10.5 Å². The van der Waals surface area contributed by atoms with Crippen molar-refractivity contribution in [1.29, 1.82) is 0 Å². The quantitative estimate of drug-likeness (QED) is 0.635. The first-order chi connectivity index (χ1) is 5.60. The molecule has 0 aromatic carbocycles. The van der Waals surface area contributed by atoms with Crippen LogP contribution >= 0.6 is 0 Å². The topological polar surface area (TPSA) is 38.5 Å². The minimum absolute atomic E-state index is 0.159. The number of methoxy groups -OCH3 is 1. The number of alkyl halides is 2. The van der Waals surface area contributed by atoms with Crippen LogP contribution < -0.4 is 5.73 Å². The lowest BCUT2D eigenvalue weighted by atomic mass is 10.3. The van der Waals surface area contributed by atoms with E-state index in [9.17, 15) is 8.78 Å². The summed E-state index contributed by atoms with van der Waals surface area (Å²) in [4.78, 5) is 1.51. The number of ether oxygens (including phenoxy) is 1. The van der Waals surface area contributed by atoms with E-state index in [1.165, 1.54) is 12.0 Å². The minimum atomic E-state index is -2.30. The summed E-state index contributed by atoms with van der Waals surface area (Å²) in [6, 6.07) is 0. The van der Waals surface area contributed by atoms with Gasteiger partial charge in [-0.15, -0.1) is 0 Å². The van der Waals surface area contributed by atoms with Crippen molar-refractivity contribution < 1.29 is 13.5 Å². The molecule has 0 saturated carbocycles. The lowest BCUT2D eigenvalue weighted by Gasteiger charge is -2.21. The van der Waals surface area contributed by atoms with E-state index in [1.807, 2.05) is 0 Å². The summed E-state index contributed by atoms with van der Waals surface area (Å²) in [5, 5.41) is 0. The molecule has 0 aliphatic carbocycles. The standard InChI is InChI=1S/C7H16F2N2O/c1-11(5-7(8)9)4-6(3-10)12-2/h6-7H,3-5,10H2,1-2H3. The molecule has 2 N–H and O–H groups in total. The van der Waals surface area contributed by atoms with Crippen LogP contribution in [0.1, 0.15) is 0 Å². The molecule has 0 radical (unpaired) electrons. The highest BCUT2D eigenvalue weighted by Crippen LogP contribution is 1.97. The Morgan fingerprint density at radius 1 is 1.42 bits per heavy atom. The highest BCUT2D eigenvalue weighted by atomic mass is 19.3. The molecule has 0 rings (SSSR count). The molecule has 5 heteroatoms. The van der Waals surface area contributed by atoms with E-state index >= 15 is 0 Å². The van der Waals surface area contributed by atoms with Crippen molar-refractivity contribution in [2.75, 3.05) is 33.8 Å². The van der Waals surface area contributed by atoms with E-state index in [0.717, 1.165) is 0 Å². The second-order valence-corrected chi connectivity index (χ2v) is 2.71. The first-order valence-corrected chi connectivity index (χ1v) is 3.79. The van der Waals surface area contributed by atoms with E-state index < -0.39 is 6.43 Å². The molecule has 1 unspecified atom stereocenters. The van der Waals surface area contributed by atoms with Crippen LogP contribution in [-0.2, 0) is 4.74 Å². The Hall–Kier alpha value is -0.260. The molecule has 12 heavy (non-hydrogen) atoms. The summed E-state index contributed by atoms with van der Waals surface area (Å²) in [6.45, 7) is 0.557. The minimum Gasteiger partial charge on any atom is -0.379 e. The van der Waals surface area contributed by atoms with Gasteiger partial charge in [0, 0.05) is 20.2 Å². The average molecular weight is 182 g/mol. The highest BCUT2D eigenvalue weighted by molar-refractivity contribution is 4.63. The summed E-state index contributed by atoms with van der Waals surface area (Å²) in [6.07, 6.45) is -2.46. The Labute approximate surface area is 71.5 Å². The molecule has 0 bridgehead atoms. The van der Waals surface area contributed by atoms with Gasteiger partial charge >= 0.3 is 0 Å². The Bertz CT molecular complexity index is 110. The molecule has 0 saturated heterocycles. The Morgan fingerprint density at radius 2 is 2.00 bits per heavy atom. The third-order valence-corrected chi connectivity index (χ3v) is 1.56. The van der Waals surface area contributed by atoms with Gasteiger partial charge in [-0.3, -0.25) is 4.90 Å². The van der Waals surface area contributed by atoms with Crippen molar-refractivity contribution in [3.05, 3.63) is 0 Å². The van der Waals surface area contributed by atoms with Gasteiger partial charge in [0.2, 0.25) is 0 Å². The number of halogens is 2. The van der Waals surface area contributed by atoms with Gasteiger partial charge < -0.3 is 10.5 Å². The highest BCUT2D eigenvalue weighted by Gasteiger charge is 2.12. The lowest BCUT2D eigenvalue weighted by molar-refractivity contribution is 0.0484. The maximum atomic E-state index is 11.8. The fourth-order valence-electron chi connectivity index (χ4n) is 0.903. The zero-order valence-corrected chi connectivity index (χ0v) is 7.46. The number of likely N-dealkylation sites (N-methyl/N-ethyl adjacent to an activating group) is 1. The van der Waals surface area contributed by atoms with Gasteiger partial charge in [-0.1, -0.05) is 0 Å². The zero-order valence-electron chi connectivity index (χ0n) is 7.46. The molecule has 74 valence electrons. The molecular formula is C7H16F2N2O. The fourth-order valence-corrected chi connectivity index (χ4v) is 0.903. The van der Waals surface area contributed by atoms with E-state index in [-0.39, 0.29) is 12.6 Å². The van der Waals surface area contributed by atoms with Gasteiger partial charge in [-0.25, -0.2) is 8.78 Å². The van der Waals surface area contributed by atoms with E-state index in [2.05, 4.69) is 0 Å². The van der Waals surface area contributed by atoms with Gasteiger partial charge in [0.25, 0.3) is 6.43 Å². The summed E-state index contributed by atoms with van der Waals surface area (Å²) in [5.74, 6) is 0. The van der Waals surface area contributed by atoms with Crippen molar-refractivity contribution in [3.8, 4) is 0 Å². The normalized spacial score (nSPS) is 14.2. The van der Waals surface area contributed by atoms with E-state index in [0.29, 0.717) is 13.1 Å². The largest absolute Gasteiger partial charge is 0.379 e. The number of nitrogens with zero attached hydrogens (tertiary/aromatic N) is 1. The van der Waals surface area contributed by atoms with Crippen molar-refractivity contribution in [1.82, 2.24) is 4.90 Å². The molecule has 0 aliphatic rings. The Kier molecular flexibility index (Phi) is 6.14. The molecule has 0 fully saturated rings. The van der Waals surface area contributed by atoms with Crippen molar-refractivity contribution in [2.24, 2.45) is 5.73 Å². The van der Waals surface area contributed by atoms with Gasteiger partial charge in [0.1, 0.15) is 0 Å². The number of hydrogen-bond acceptors (Lipinski definition) is 3. The molecule has 0 aromatic rings. The lowest BCUT2D eigenvalue weighted by Crippen LogP contribution is -2.37. The molecule has 0 spiro atoms. The molecular weight excluding hydrogens is 166 g/mol. The number of rotatable bonds is 6. The molecule has 3 nitrogen and oxygen atoms in total. The molecule has 0 aliphatic heterocycles. The van der Waals surface area contributed by atoms with E-state index in [1.54, 1.807) is 7.05 Å². The van der Waals surface area contributed by atoms with Crippen molar-refractivity contribution in [3.63, 3.8) is 0 Å². The molecule has 0 aromatic heterocycles. The van der Waals surface area contributed by atoms with Crippen LogP contribution in [0.15, 0.2) is 0 Å². The molecule has 1 atom stereocenters. The van der Waals surface area contributed by atoms with Crippen molar-refractivity contribution in [2.45, 2.75) is 12.5 Å². The van der Waals surface area contributed by atoms with Gasteiger partial charge in [-0.2, -0.15) is 0 Å². The predicted molar refractivity (Wildman–Crippen MR) is 43.4 cm³/mol. The smallest absolute Gasteiger partial charge is 0.251 e. The van der Waals surface area contributed by atoms with Gasteiger partial charge in [0.05, 0.1) is 12.6 Å². The molecule has 0 heterocycles. The molecule has 0 amide bonds. The van der Waals surface area contributed by atoms with Gasteiger partial charge in [-0.05, 0) is 7.05 Å². The van der Waals surface area contributed by atoms with Crippen LogP contribution in [0.5, 0.6) is 0 Å².